The summed E-state index contributed by atoms with van der Waals surface area (Å²) >= 11 is 0. The second kappa shape index (κ2) is 5.92. The lowest BCUT2D eigenvalue weighted by Gasteiger charge is -2.13. The van der Waals surface area contributed by atoms with Gasteiger partial charge < -0.3 is 4.74 Å². The molecule has 0 amide bonds. The van der Waals surface area contributed by atoms with E-state index in [1.54, 1.807) is 0 Å². The second-order valence-electron chi connectivity index (χ2n) is 3.06. The van der Waals surface area contributed by atoms with Gasteiger partial charge in [0.15, 0.2) is 0 Å². The van der Waals surface area contributed by atoms with Crippen LogP contribution in [-0.2, 0) is 4.74 Å². The van der Waals surface area contributed by atoms with Crippen LogP contribution < -0.4 is 0 Å². The van der Waals surface area contributed by atoms with Crippen LogP contribution in [0.4, 0.5) is 0 Å². The molecule has 0 aromatic rings. The van der Waals surface area contributed by atoms with Crippen LogP contribution in [0.1, 0.15) is 27.7 Å². The lowest BCUT2D eigenvalue weighted by atomic mass is 10.5. The quantitative estimate of drug-likeness (QED) is 0.560. The Labute approximate surface area is 66.4 Å². The van der Waals surface area contributed by atoms with Crippen LogP contribution in [0.2, 0.25) is 12.1 Å². The summed E-state index contributed by atoms with van der Waals surface area (Å²) in [4.78, 5) is 0. The maximum Gasteiger partial charge on any atom is 0.0672 e. The molecule has 0 aliphatic carbocycles. The summed E-state index contributed by atoms with van der Waals surface area (Å²) in [5.41, 5.74) is 0. The number of rotatable bonds is 5. The molecule has 10 heavy (non-hydrogen) atoms. The summed E-state index contributed by atoms with van der Waals surface area (Å²) in [5, 5.41) is 0. The van der Waals surface area contributed by atoms with E-state index < -0.39 is 8.80 Å². The first-order chi connectivity index (χ1) is 4.70. The van der Waals surface area contributed by atoms with E-state index in [9.17, 15) is 0 Å². The first-order valence-electron chi connectivity index (χ1n) is 4.32. The molecular weight excluding hydrogens is 140 g/mol. The zero-order chi connectivity index (χ0) is 7.98. The molecule has 0 spiro atoms. The molecule has 0 saturated heterocycles. The minimum atomic E-state index is -0.470. The molecule has 0 aromatic heterocycles. The molecule has 0 bridgehead atoms. The molecule has 62 valence electrons. The van der Waals surface area contributed by atoms with Crippen LogP contribution in [0.25, 0.3) is 0 Å². The third-order valence-electron chi connectivity index (χ3n) is 1.82. The van der Waals surface area contributed by atoms with E-state index in [2.05, 4.69) is 27.7 Å². The third kappa shape index (κ3) is 5.00. The van der Waals surface area contributed by atoms with Crippen LogP contribution in [0.15, 0.2) is 0 Å². The Balaban J connectivity index is 3.26. The minimum Gasteiger partial charge on any atom is -0.382 e. The summed E-state index contributed by atoms with van der Waals surface area (Å²) in [7, 11) is -0.470. The van der Waals surface area contributed by atoms with Crippen molar-refractivity contribution in [2.45, 2.75) is 45.9 Å². The average Bonchev–Trinajstić information content (AvgIpc) is 1.90. The molecule has 0 fully saturated rings. The van der Waals surface area contributed by atoms with E-state index >= 15 is 0 Å². The van der Waals surface area contributed by atoms with Gasteiger partial charge in [-0.2, -0.15) is 0 Å². The van der Waals surface area contributed by atoms with Crippen LogP contribution >= 0.6 is 0 Å². The summed E-state index contributed by atoms with van der Waals surface area (Å²) in [6.45, 7) is 8.78. The Kier molecular flexibility index (Phi) is 6.03. The highest BCUT2D eigenvalue weighted by molar-refractivity contribution is 6.58. The van der Waals surface area contributed by atoms with Crippen molar-refractivity contribution in [2.24, 2.45) is 0 Å². The number of ether oxygens (including phenoxy) is 1. The van der Waals surface area contributed by atoms with Gasteiger partial charge in [0.25, 0.3) is 0 Å². The zero-order valence-corrected chi connectivity index (χ0v) is 8.84. The summed E-state index contributed by atoms with van der Waals surface area (Å²) < 4.78 is 5.55. The summed E-state index contributed by atoms with van der Waals surface area (Å²) in [6, 6.07) is 2.76. The first kappa shape index (κ1) is 10.2. The van der Waals surface area contributed by atoms with Crippen molar-refractivity contribution in [3.63, 3.8) is 0 Å². The van der Waals surface area contributed by atoms with Crippen molar-refractivity contribution in [3.05, 3.63) is 0 Å². The Morgan fingerprint density at radius 2 is 1.70 bits per heavy atom. The van der Waals surface area contributed by atoms with Crippen LogP contribution in [0.3, 0.4) is 0 Å². The minimum absolute atomic E-state index is 0.424. The van der Waals surface area contributed by atoms with Crippen molar-refractivity contribution in [3.8, 4) is 0 Å². The van der Waals surface area contributed by atoms with Crippen molar-refractivity contribution in [2.75, 3.05) is 6.23 Å². The van der Waals surface area contributed by atoms with Gasteiger partial charge in [0.2, 0.25) is 0 Å². The summed E-state index contributed by atoms with van der Waals surface area (Å²) in [6.07, 6.45) is 1.50. The Morgan fingerprint density at radius 3 is 2.00 bits per heavy atom. The monoisotopic (exact) mass is 160 g/mol. The highest BCUT2D eigenvalue weighted by atomic mass is 28.3. The highest BCUT2D eigenvalue weighted by Crippen LogP contribution is 2.00. The fourth-order valence-electron chi connectivity index (χ4n) is 0.853. The lowest BCUT2D eigenvalue weighted by molar-refractivity contribution is 0.113. The topological polar surface area (TPSA) is 9.23 Å². The van der Waals surface area contributed by atoms with Crippen molar-refractivity contribution < 1.29 is 4.74 Å². The van der Waals surface area contributed by atoms with Gasteiger partial charge in [-0.25, -0.2) is 0 Å². The molecule has 0 unspecified atom stereocenters. The lowest BCUT2D eigenvalue weighted by Crippen LogP contribution is -2.21. The average molecular weight is 160 g/mol. The predicted molar refractivity (Wildman–Crippen MR) is 49.2 cm³/mol. The molecule has 0 heterocycles. The normalized spacial score (nSPS) is 11.4. The van der Waals surface area contributed by atoms with Crippen molar-refractivity contribution >= 4 is 8.80 Å². The van der Waals surface area contributed by atoms with Crippen molar-refractivity contribution in [1.29, 1.82) is 0 Å². The smallest absolute Gasteiger partial charge is 0.0672 e. The van der Waals surface area contributed by atoms with Crippen LogP contribution in [0, 0.1) is 0 Å². The van der Waals surface area contributed by atoms with Crippen LogP contribution in [-0.4, -0.2) is 21.1 Å². The summed E-state index contributed by atoms with van der Waals surface area (Å²) in [5.74, 6) is 0. The third-order valence-corrected chi connectivity index (χ3v) is 4.79. The van der Waals surface area contributed by atoms with E-state index in [0.717, 1.165) is 6.23 Å². The molecule has 2 heteroatoms. The van der Waals surface area contributed by atoms with E-state index in [1.165, 1.54) is 12.1 Å². The molecule has 0 aliphatic rings. The van der Waals surface area contributed by atoms with E-state index in [1.807, 2.05) is 0 Å². The SMILES string of the molecule is CC[SiH](CC)COC(C)C. The maximum absolute atomic E-state index is 5.55. The molecule has 0 radical (unpaired) electrons. The molecule has 1 nitrogen and oxygen atoms in total. The molecule has 0 N–H and O–H groups in total. The molecule has 0 atom stereocenters. The van der Waals surface area contributed by atoms with Gasteiger partial charge in [-0.15, -0.1) is 0 Å². The van der Waals surface area contributed by atoms with Crippen molar-refractivity contribution in [1.82, 2.24) is 0 Å². The standard InChI is InChI=1S/C8H20OSi/c1-5-10(6-2)7-9-8(3)4/h8,10H,5-7H2,1-4H3. The molecular formula is C8H20OSi. The van der Waals surface area contributed by atoms with E-state index in [0.29, 0.717) is 6.10 Å². The van der Waals surface area contributed by atoms with E-state index in [-0.39, 0.29) is 0 Å². The molecule has 0 rings (SSSR count). The molecule has 0 aromatic carbocycles. The number of hydrogen-bond acceptors (Lipinski definition) is 1. The van der Waals surface area contributed by atoms with Gasteiger partial charge >= 0.3 is 0 Å². The zero-order valence-electron chi connectivity index (χ0n) is 7.68. The maximum atomic E-state index is 5.55. The van der Waals surface area contributed by atoms with Crippen LogP contribution in [0.5, 0.6) is 0 Å². The van der Waals surface area contributed by atoms with Gasteiger partial charge in [-0.1, -0.05) is 25.9 Å². The number of hydrogen-bond donors (Lipinski definition) is 0. The van der Waals surface area contributed by atoms with Gasteiger partial charge in [-0.05, 0) is 13.8 Å². The van der Waals surface area contributed by atoms with Gasteiger partial charge in [0, 0.05) is 6.23 Å². The largest absolute Gasteiger partial charge is 0.382 e. The fourth-order valence-corrected chi connectivity index (χ4v) is 2.56. The second-order valence-corrected chi connectivity index (χ2v) is 6.76. The molecule has 0 saturated carbocycles. The van der Waals surface area contributed by atoms with Gasteiger partial charge in [0.1, 0.15) is 0 Å². The Hall–Kier alpha value is 0.177. The fraction of sp³-hybridized carbons (Fsp3) is 1.00. The molecule has 0 aliphatic heterocycles. The Bertz CT molecular complexity index is 69.7. The van der Waals surface area contributed by atoms with Gasteiger partial charge in [-0.3, -0.25) is 0 Å². The first-order valence-corrected chi connectivity index (χ1v) is 6.77. The van der Waals surface area contributed by atoms with E-state index in [4.69, 9.17) is 4.74 Å². The highest BCUT2D eigenvalue weighted by Gasteiger charge is 2.05. The Morgan fingerprint density at radius 1 is 1.20 bits per heavy atom. The predicted octanol–water partition coefficient (Wildman–Crippen LogP) is 2.22. The van der Waals surface area contributed by atoms with Gasteiger partial charge in [0.05, 0.1) is 14.9 Å².